The zero-order chi connectivity index (χ0) is 18.4. The maximum absolute atomic E-state index is 12.9. The van der Waals surface area contributed by atoms with Crippen molar-refractivity contribution in [2.45, 2.75) is 39.2 Å². The number of ketones is 2. The Morgan fingerprint density at radius 1 is 1.08 bits per heavy atom. The van der Waals surface area contributed by atoms with Gasteiger partial charge in [0.15, 0.2) is 22.9 Å². The first-order chi connectivity index (χ1) is 11.8. The third kappa shape index (κ3) is 2.75. The summed E-state index contributed by atoms with van der Waals surface area (Å²) >= 11 is 0. The minimum atomic E-state index is -1.05. The number of hydrogen-bond acceptors (Lipinski definition) is 5. The monoisotopic (exact) mass is 344 g/mol. The third-order valence-electron chi connectivity index (χ3n) is 5.46. The van der Waals surface area contributed by atoms with E-state index in [9.17, 15) is 14.4 Å². The molecular formula is C20H24O5. The molecule has 0 aromatic carbocycles. The van der Waals surface area contributed by atoms with Crippen molar-refractivity contribution < 1.29 is 23.9 Å². The fourth-order valence-electron chi connectivity index (χ4n) is 4.14. The summed E-state index contributed by atoms with van der Waals surface area (Å²) in [4.78, 5) is 37.9. The van der Waals surface area contributed by atoms with E-state index in [1.54, 1.807) is 19.1 Å². The summed E-state index contributed by atoms with van der Waals surface area (Å²) in [6.45, 7) is 5.57. The lowest BCUT2D eigenvalue weighted by atomic mass is 9.73. The van der Waals surface area contributed by atoms with E-state index in [1.807, 2.05) is 26.0 Å². The summed E-state index contributed by atoms with van der Waals surface area (Å²) in [7, 11) is 1.47. The molecule has 0 aromatic heterocycles. The van der Waals surface area contributed by atoms with Crippen LogP contribution in [-0.4, -0.2) is 30.2 Å². The Morgan fingerprint density at radius 3 is 2.48 bits per heavy atom. The normalized spacial score (nSPS) is 39.6. The van der Waals surface area contributed by atoms with E-state index in [1.165, 1.54) is 7.11 Å². The van der Waals surface area contributed by atoms with Crippen LogP contribution >= 0.6 is 0 Å². The van der Waals surface area contributed by atoms with E-state index in [-0.39, 0.29) is 34.9 Å². The largest absolute Gasteiger partial charge is 0.496 e. The first-order valence-electron chi connectivity index (χ1n) is 8.76. The maximum atomic E-state index is 12.9. The van der Waals surface area contributed by atoms with Gasteiger partial charge in [-0.15, -0.1) is 0 Å². The second-order valence-electron chi connectivity index (χ2n) is 7.44. The molecule has 2 bridgehead atoms. The minimum Gasteiger partial charge on any atom is -0.496 e. The predicted molar refractivity (Wildman–Crippen MR) is 91.4 cm³/mol. The van der Waals surface area contributed by atoms with Gasteiger partial charge in [0, 0.05) is 24.2 Å². The number of hydrogen-bond donors (Lipinski definition) is 0. The SMILES string of the molecule is COC1=C2C(=O)O[C@@]13C[C@@H](C)C=C[C@H]3/C=C/C(=O)[C@@H](C)C[C@@H](C)C2=O. The van der Waals surface area contributed by atoms with Crippen molar-refractivity contribution in [2.24, 2.45) is 23.7 Å². The molecule has 1 spiro atoms. The molecule has 1 aliphatic heterocycles. The molecule has 5 heteroatoms. The highest BCUT2D eigenvalue weighted by Gasteiger charge is 2.56. The standard InChI is InChI=1S/C20H24O5/c1-11-5-6-14-7-8-15(21)12(2)9-13(3)17(22)16-18(24-4)20(14,10-11)25-19(16)23/h5-8,11-14H,9-10H2,1-4H3/b8-7+/t11-,12-,13+,14-,20+/m0/s1. The quantitative estimate of drug-likeness (QED) is 0.416. The van der Waals surface area contributed by atoms with Crippen molar-refractivity contribution in [3.63, 3.8) is 0 Å². The molecule has 5 nitrogen and oxygen atoms in total. The average Bonchev–Trinajstić information content (AvgIpc) is 2.83. The number of rotatable bonds is 1. The fraction of sp³-hybridized carbons (Fsp3) is 0.550. The molecule has 0 amide bonds. The van der Waals surface area contributed by atoms with Crippen LogP contribution in [0.1, 0.15) is 33.6 Å². The van der Waals surface area contributed by atoms with Crippen LogP contribution in [0.3, 0.4) is 0 Å². The molecule has 3 rings (SSSR count). The molecule has 0 N–H and O–H groups in total. The van der Waals surface area contributed by atoms with Crippen LogP contribution in [0.2, 0.25) is 0 Å². The van der Waals surface area contributed by atoms with Gasteiger partial charge in [0.1, 0.15) is 5.57 Å². The summed E-state index contributed by atoms with van der Waals surface area (Å²) in [6.07, 6.45) is 8.21. The van der Waals surface area contributed by atoms with Crippen LogP contribution in [0.25, 0.3) is 0 Å². The van der Waals surface area contributed by atoms with E-state index in [0.29, 0.717) is 18.6 Å². The number of methoxy groups -OCH3 is 1. The van der Waals surface area contributed by atoms with Gasteiger partial charge in [0.05, 0.1) is 7.11 Å². The average molecular weight is 344 g/mol. The topological polar surface area (TPSA) is 69.7 Å². The highest BCUT2D eigenvalue weighted by atomic mass is 16.6. The Morgan fingerprint density at radius 2 is 1.80 bits per heavy atom. The zero-order valence-electron chi connectivity index (χ0n) is 15.1. The zero-order valence-corrected chi connectivity index (χ0v) is 15.1. The number of allylic oxidation sites excluding steroid dienone is 2. The molecule has 0 saturated carbocycles. The summed E-state index contributed by atoms with van der Waals surface area (Å²) in [5, 5.41) is 0. The Kier molecular flexibility index (Phi) is 4.43. The molecule has 0 radical (unpaired) electrons. The molecule has 2 aliphatic carbocycles. The van der Waals surface area contributed by atoms with Crippen LogP contribution in [-0.2, 0) is 23.9 Å². The molecule has 5 atom stereocenters. The van der Waals surface area contributed by atoms with Crippen LogP contribution in [0.5, 0.6) is 0 Å². The van der Waals surface area contributed by atoms with Crippen LogP contribution in [0, 0.1) is 23.7 Å². The van der Waals surface area contributed by atoms with Gasteiger partial charge in [-0.3, -0.25) is 9.59 Å². The van der Waals surface area contributed by atoms with Gasteiger partial charge in [-0.1, -0.05) is 39.0 Å². The number of carbonyl (C=O) groups excluding carboxylic acids is 3. The summed E-state index contributed by atoms with van der Waals surface area (Å²) in [5.41, 5.74) is -1.04. The summed E-state index contributed by atoms with van der Waals surface area (Å²) in [5.74, 6) is -1.54. The van der Waals surface area contributed by atoms with Crippen molar-refractivity contribution in [1.82, 2.24) is 0 Å². The Bertz CT molecular complexity index is 714. The Hall–Kier alpha value is -2.17. The summed E-state index contributed by atoms with van der Waals surface area (Å²) < 4.78 is 11.3. The van der Waals surface area contributed by atoms with Crippen molar-refractivity contribution >= 4 is 17.5 Å². The Labute approximate surface area is 147 Å². The van der Waals surface area contributed by atoms with Gasteiger partial charge in [-0.2, -0.15) is 0 Å². The predicted octanol–water partition coefficient (Wildman–Crippen LogP) is 2.77. The lowest BCUT2D eigenvalue weighted by molar-refractivity contribution is -0.153. The van der Waals surface area contributed by atoms with Gasteiger partial charge < -0.3 is 9.47 Å². The second-order valence-corrected chi connectivity index (χ2v) is 7.44. The lowest BCUT2D eigenvalue weighted by Gasteiger charge is -2.38. The highest BCUT2D eigenvalue weighted by Crippen LogP contribution is 2.48. The first kappa shape index (κ1) is 17.6. The molecule has 3 aliphatic rings. The minimum absolute atomic E-state index is 0.0115. The lowest BCUT2D eigenvalue weighted by Crippen LogP contribution is -2.43. The molecule has 0 saturated heterocycles. The highest BCUT2D eigenvalue weighted by molar-refractivity contribution is 6.20. The number of ether oxygens (including phenoxy) is 2. The third-order valence-corrected chi connectivity index (χ3v) is 5.46. The molecule has 0 unspecified atom stereocenters. The van der Waals surface area contributed by atoms with Crippen molar-refractivity contribution in [3.05, 3.63) is 35.6 Å². The van der Waals surface area contributed by atoms with Crippen LogP contribution < -0.4 is 0 Å². The van der Waals surface area contributed by atoms with E-state index in [2.05, 4.69) is 0 Å². The van der Waals surface area contributed by atoms with E-state index in [0.717, 1.165) is 0 Å². The molecule has 25 heavy (non-hydrogen) atoms. The molecule has 0 aromatic rings. The van der Waals surface area contributed by atoms with Crippen molar-refractivity contribution in [2.75, 3.05) is 7.11 Å². The van der Waals surface area contributed by atoms with Gasteiger partial charge in [0.2, 0.25) is 0 Å². The van der Waals surface area contributed by atoms with Gasteiger partial charge in [-0.25, -0.2) is 4.79 Å². The number of carbonyl (C=O) groups is 3. The molecule has 1 heterocycles. The van der Waals surface area contributed by atoms with Crippen LogP contribution in [0.4, 0.5) is 0 Å². The van der Waals surface area contributed by atoms with Crippen molar-refractivity contribution in [3.8, 4) is 0 Å². The van der Waals surface area contributed by atoms with Crippen molar-refractivity contribution in [1.29, 1.82) is 0 Å². The second kappa shape index (κ2) is 6.28. The van der Waals surface area contributed by atoms with Gasteiger partial charge in [0.25, 0.3) is 0 Å². The molecular weight excluding hydrogens is 320 g/mol. The maximum Gasteiger partial charge on any atom is 0.346 e. The van der Waals surface area contributed by atoms with Gasteiger partial charge in [-0.05, 0) is 18.4 Å². The van der Waals surface area contributed by atoms with Gasteiger partial charge >= 0.3 is 5.97 Å². The number of esters is 1. The fourth-order valence-corrected chi connectivity index (χ4v) is 4.14. The van der Waals surface area contributed by atoms with E-state index < -0.39 is 17.5 Å². The molecule has 134 valence electrons. The number of Topliss-reactive ketones (excluding diaryl/α,β-unsaturated/α-hetero) is 1. The van der Waals surface area contributed by atoms with Crippen LogP contribution in [0.15, 0.2) is 35.6 Å². The smallest absolute Gasteiger partial charge is 0.346 e. The van der Waals surface area contributed by atoms with E-state index >= 15 is 0 Å². The first-order valence-corrected chi connectivity index (χ1v) is 8.76. The Balaban J connectivity index is 2.22. The van der Waals surface area contributed by atoms with E-state index in [4.69, 9.17) is 9.47 Å². The summed E-state index contributed by atoms with van der Waals surface area (Å²) in [6, 6.07) is 0. The molecule has 0 fully saturated rings.